The quantitative estimate of drug-likeness (QED) is 0.638. The molecule has 0 bridgehead atoms. The highest BCUT2D eigenvalue weighted by molar-refractivity contribution is 5.97. The van der Waals surface area contributed by atoms with Crippen LogP contribution in [0.15, 0.2) is 53.1 Å². The van der Waals surface area contributed by atoms with Crippen LogP contribution in [0, 0.1) is 20.8 Å². The smallest absolute Gasteiger partial charge is 0.257 e. The summed E-state index contributed by atoms with van der Waals surface area (Å²) in [6.07, 6.45) is 0. The van der Waals surface area contributed by atoms with Gasteiger partial charge in [-0.25, -0.2) is 0 Å². The fourth-order valence-electron chi connectivity index (χ4n) is 3.87. The van der Waals surface area contributed by atoms with Crippen molar-refractivity contribution in [1.82, 2.24) is 10.1 Å². The van der Waals surface area contributed by atoms with Crippen LogP contribution in [0.3, 0.4) is 0 Å². The molecule has 1 fully saturated rings. The fourth-order valence-corrected chi connectivity index (χ4v) is 3.87. The first-order valence-corrected chi connectivity index (χ1v) is 10.3. The highest BCUT2D eigenvalue weighted by Crippen LogP contribution is 2.25. The molecule has 0 aliphatic carbocycles. The average molecular weight is 405 g/mol. The molecule has 1 amide bonds. The zero-order valence-electron chi connectivity index (χ0n) is 17.7. The van der Waals surface area contributed by atoms with Gasteiger partial charge in [0, 0.05) is 31.9 Å². The SMILES string of the molecule is Cc1ccccc1N1CCN(C(=O)c2ccccc2OCc2c(C)noc2C)CC1. The molecular weight excluding hydrogens is 378 g/mol. The Hall–Kier alpha value is -3.28. The van der Waals surface area contributed by atoms with Crippen molar-refractivity contribution in [1.29, 1.82) is 0 Å². The molecule has 1 aliphatic heterocycles. The summed E-state index contributed by atoms with van der Waals surface area (Å²) in [6, 6.07) is 15.8. The Kier molecular flexibility index (Phi) is 5.74. The summed E-state index contributed by atoms with van der Waals surface area (Å²) in [5, 5.41) is 3.96. The lowest BCUT2D eigenvalue weighted by molar-refractivity contribution is 0.0742. The Morgan fingerprint density at radius 1 is 1.00 bits per heavy atom. The fraction of sp³-hybridized carbons (Fsp3) is 0.333. The van der Waals surface area contributed by atoms with Gasteiger partial charge in [-0.15, -0.1) is 0 Å². The number of anilines is 1. The molecule has 6 heteroatoms. The predicted molar refractivity (Wildman–Crippen MR) is 116 cm³/mol. The third-order valence-corrected chi connectivity index (χ3v) is 5.69. The van der Waals surface area contributed by atoms with Crippen molar-refractivity contribution in [3.63, 3.8) is 0 Å². The molecule has 30 heavy (non-hydrogen) atoms. The molecule has 2 aromatic carbocycles. The van der Waals surface area contributed by atoms with E-state index in [2.05, 4.69) is 41.2 Å². The zero-order chi connectivity index (χ0) is 21.1. The average Bonchev–Trinajstić information content (AvgIpc) is 3.10. The third kappa shape index (κ3) is 4.03. The van der Waals surface area contributed by atoms with Crippen LogP contribution in [0.25, 0.3) is 0 Å². The van der Waals surface area contributed by atoms with Crippen molar-refractivity contribution >= 4 is 11.6 Å². The van der Waals surface area contributed by atoms with Crippen LogP contribution in [-0.2, 0) is 6.61 Å². The summed E-state index contributed by atoms with van der Waals surface area (Å²) in [6.45, 7) is 9.21. The van der Waals surface area contributed by atoms with Crippen molar-refractivity contribution in [2.75, 3.05) is 31.1 Å². The Labute approximate surface area is 177 Å². The number of amides is 1. The van der Waals surface area contributed by atoms with Crippen LogP contribution in [0.2, 0.25) is 0 Å². The largest absolute Gasteiger partial charge is 0.488 e. The van der Waals surface area contributed by atoms with Crippen LogP contribution in [0.1, 0.15) is 32.9 Å². The Balaban J connectivity index is 1.44. The first-order chi connectivity index (χ1) is 14.5. The molecular formula is C24H27N3O3. The van der Waals surface area contributed by atoms with Gasteiger partial charge in [0.25, 0.3) is 5.91 Å². The minimum absolute atomic E-state index is 0.00814. The summed E-state index contributed by atoms with van der Waals surface area (Å²) in [5.74, 6) is 1.33. The summed E-state index contributed by atoms with van der Waals surface area (Å²) >= 11 is 0. The third-order valence-electron chi connectivity index (χ3n) is 5.69. The van der Waals surface area contributed by atoms with E-state index in [1.165, 1.54) is 11.3 Å². The van der Waals surface area contributed by atoms with Crippen LogP contribution < -0.4 is 9.64 Å². The number of rotatable bonds is 5. The molecule has 0 unspecified atom stereocenters. The van der Waals surface area contributed by atoms with Gasteiger partial charge in [0.05, 0.1) is 16.8 Å². The maximum Gasteiger partial charge on any atom is 0.257 e. The first kappa shape index (κ1) is 20.0. The number of aromatic nitrogens is 1. The number of aryl methyl sites for hydroxylation is 3. The van der Waals surface area contributed by atoms with Gasteiger partial charge in [-0.3, -0.25) is 4.79 Å². The van der Waals surface area contributed by atoms with E-state index < -0.39 is 0 Å². The van der Waals surface area contributed by atoms with Crippen molar-refractivity contribution in [2.45, 2.75) is 27.4 Å². The number of para-hydroxylation sites is 2. The number of piperazine rings is 1. The second-order valence-electron chi connectivity index (χ2n) is 7.65. The second-order valence-corrected chi connectivity index (χ2v) is 7.65. The van der Waals surface area contributed by atoms with E-state index in [1.54, 1.807) is 0 Å². The normalized spacial score (nSPS) is 14.1. The lowest BCUT2D eigenvalue weighted by Gasteiger charge is -2.37. The van der Waals surface area contributed by atoms with E-state index in [9.17, 15) is 4.79 Å². The van der Waals surface area contributed by atoms with E-state index in [1.807, 2.05) is 43.0 Å². The van der Waals surface area contributed by atoms with Crippen molar-refractivity contribution in [3.05, 3.63) is 76.7 Å². The van der Waals surface area contributed by atoms with Gasteiger partial charge < -0.3 is 19.1 Å². The Bertz CT molecular complexity index is 1020. The number of benzene rings is 2. The molecule has 156 valence electrons. The molecule has 2 heterocycles. The number of ether oxygens (including phenoxy) is 1. The van der Waals surface area contributed by atoms with E-state index in [-0.39, 0.29) is 5.91 Å². The summed E-state index contributed by atoms with van der Waals surface area (Å²) in [5.41, 5.74) is 4.82. The number of nitrogens with zero attached hydrogens (tertiary/aromatic N) is 3. The molecule has 1 aromatic heterocycles. The molecule has 1 aliphatic rings. The minimum atomic E-state index is 0.00814. The van der Waals surface area contributed by atoms with Gasteiger partial charge in [0.1, 0.15) is 18.1 Å². The van der Waals surface area contributed by atoms with E-state index in [0.29, 0.717) is 31.0 Å². The highest BCUT2D eigenvalue weighted by Gasteiger charge is 2.25. The summed E-state index contributed by atoms with van der Waals surface area (Å²) < 4.78 is 11.2. The summed E-state index contributed by atoms with van der Waals surface area (Å²) in [7, 11) is 0. The highest BCUT2D eigenvalue weighted by atomic mass is 16.5. The first-order valence-electron chi connectivity index (χ1n) is 10.3. The van der Waals surface area contributed by atoms with Gasteiger partial charge in [0.2, 0.25) is 0 Å². The molecule has 0 atom stereocenters. The molecule has 3 aromatic rings. The monoisotopic (exact) mass is 405 g/mol. The van der Waals surface area contributed by atoms with Gasteiger partial charge >= 0.3 is 0 Å². The Morgan fingerprint density at radius 3 is 2.40 bits per heavy atom. The topological polar surface area (TPSA) is 58.8 Å². The lowest BCUT2D eigenvalue weighted by Crippen LogP contribution is -2.49. The zero-order valence-corrected chi connectivity index (χ0v) is 17.7. The van der Waals surface area contributed by atoms with Crippen molar-refractivity contribution < 1.29 is 14.1 Å². The van der Waals surface area contributed by atoms with E-state index in [4.69, 9.17) is 9.26 Å². The minimum Gasteiger partial charge on any atom is -0.488 e. The Morgan fingerprint density at radius 2 is 1.70 bits per heavy atom. The summed E-state index contributed by atoms with van der Waals surface area (Å²) in [4.78, 5) is 17.5. The molecule has 0 saturated carbocycles. The predicted octanol–water partition coefficient (Wildman–Crippen LogP) is 4.14. The van der Waals surface area contributed by atoms with Gasteiger partial charge in [-0.1, -0.05) is 35.5 Å². The van der Waals surface area contributed by atoms with Crippen molar-refractivity contribution in [3.8, 4) is 5.75 Å². The number of carbonyl (C=O) groups is 1. The maximum atomic E-state index is 13.2. The van der Waals surface area contributed by atoms with Gasteiger partial charge in [-0.05, 0) is 44.5 Å². The van der Waals surface area contributed by atoms with Crippen LogP contribution in [0.4, 0.5) is 5.69 Å². The maximum absolute atomic E-state index is 13.2. The standard InChI is InChI=1S/C24H27N3O3/c1-17-8-4-6-10-22(17)26-12-14-27(15-13-26)24(28)20-9-5-7-11-23(20)29-16-21-18(2)25-30-19(21)3/h4-11H,12-16H2,1-3H3. The number of hydrogen-bond donors (Lipinski definition) is 0. The van der Waals surface area contributed by atoms with Crippen LogP contribution in [0.5, 0.6) is 5.75 Å². The van der Waals surface area contributed by atoms with Gasteiger partial charge in [-0.2, -0.15) is 0 Å². The van der Waals surface area contributed by atoms with E-state index in [0.717, 1.165) is 30.1 Å². The molecule has 4 rings (SSSR count). The molecule has 0 radical (unpaired) electrons. The van der Waals surface area contributed by atoms with Crippen molar-refractivity contribution in [2.24, 2.45) is 0 Å². The van der Waals surface area contributed by atoms with Gasteiger partial charge in [0.15, 0.2) is 0 Å². The molecule has 1 saturated heterocycles. The van der Waals surface area contributed by atoms with E-state index >= 15 is 0 Å². The number of carbonyl (C=O) groups excluding carboxylic acids is 1. The number of hydrogen-bond acceptors (Lipinski definition) is 5. The molecule has 0 N–H and O–H groups in total. The van der Waals surface area contributed by atoms with Crippen LogP contribution >= 0.6 is 0 Å². The van der Waals surface area contributed by atoms with Crippen LogP contribution in [-0.4, -0.2) is 42.1 Å². The molecule has 6 nitrogen and oxygen atoms in total. The molecule has 0 spiro atoms. The lowest BCUT2D eigenvalue weighted by atomic mass is 10.1. The second kappa shape index (κ2) is 8.61.